The third-order valence-electron chi connectivity index (χ3n) is 7.31. The fourth-order valence-corrected chi connectivity index (χ4v) is 6.85. The van der Waals surface area contributed by atoms with Crippen molar-refractivity contribution < 1.29 is 31.0 Å². The average Bonchev–Trinajstić information content (AvgIpc) is 3.56. The maximum absolute atomic E-state index is 13.7. The van der Waals surface area contributed by atoms with Gasteiger partial charge in [0, 0.05) is 35.6 Å². The molecule has 5 rings (SSSR count). The Morgan fingerprint density at radius 1 is 1.02 bits per heavy atom. The molecule has 0 saturated carbocycles. The Kier molecular flexibility index (Phi) is 9.38. The number of furan rings is 2. The highest BCUT2D eigenvalue weighted by atomic mass is 79.9. The van der Waals surface area contributed by atoms with Crippen LogP contribution in [0.25, 0.3) is 11.0 Å². The second-order valence-corrected chi connectivity index (χ2v) is 12.9. The van der Waals surface area contributed by atoms with E-state index in [0.29, 0.717) is 50.6 Å². The summed E-state index contributed by atoms with van der Waals surface area (Å²) in [5.74, 6) is -0.774. The van der Waals surface area contributed by atoms with Crippen LogP contribution in [0.3, 0.4) is 0 Å². The molecule has 0 unspecified atom stereocenters. The molecular weight excluding hydrogens is 662 g/mol. The highest BCUT2D eigenvalue weighted by molar-refractivity contribution is 9.10. The van der Waals surface area contributed by atoms with E-state index in [1.165, 1.54) is 6.07 Å². The lowest BCUT2D eigenvalue weighted by atomic mass is 10.1. The van der Waals surface area contributed by atoms with Crippen molar-refractivity contribution in [2.45, 2.75) is 46.2 Å². The average molecular weight is 693 g/mol. The largest absolute Gasteiger partial charge is 0.452 e. The van der Waals surface area contributed by atoms with Crippen LogP contribution in [0.2, 0.25) is 5.02 Å². The molecule has 10 nitrogen and oxygen atoms in total. The van der Waals surface area contributed by atoms with Crippen molar-refractivity contribution in [2.75, 3.05) is 23.9 Å². The standard InChI is InChI=1S/C30H31BrClN3O7S/c1-3-35(43(38,39)42-29(36)28-20(2)24-9-5-6-10-26(24)41-28)25-13-11-22(32)17-21(25)18-34(19-23-12-14-27(31)40-23)30(37)33-15-7-4-8-16-33/h5-6,9-14,17H,3-4,7-8,15-16,18-19H2,1-2H3. The SMILES string of the molecule is CCN(c1ccc(Cl)cc1CN(Cc1ccc(Br)o1)C(=O)N1CCCCC1)S(=O)(=O)OC(=O)c1oc2ccccc2c1C. The fraction of sp³-hybridized carbons (Fsp3) is 0.333. The molecule has 13 heteroatoms. The summed E-state index contributed by atoms with van der Waals surface area (Å²) >= 11 is 9.68. The first-order valence-corrected chi connectivity index (χ1v) is 16.4. The molecule has 1 aliphatic rings. The Morgan fingerprint density at radius 2 is 1.77 bits per heavy atom. The third kappa shape index (κ3) is 6.86. The van der Waals surface area contributed by atoms with Gasteiger partial charge in [-0.1, -0.05) is 29.8 Å². The molecule has 1 aliphatic heterocycles. The molecule has 1 saturated heterocycles. The summed E-state index contributed by atoms with van der Waals surface area (Å²) in [6.07, 6.45) is 2.88. The van der Waals surface area contributed by atoms with Gasteiger partial charge in [0.25, 0.3) is 0 Å². The predicted octanol–water partition coefficient (Wildman–Crippen LogP) is 7.29. The summed E-state index contributed by atoms with van der Waals surface area (Å²) in [5.41, 5.74) is 1.59. The lowest BCUT2D eigenvalue weighted by molar-refractivity contribution is 0.0714. The highest BCUT2D eigenvalue weighted by Gasteiger charge is 2.32. The van der Waals surface area contributed by atoms with E-state index in [1.807, 2.05) is 0 Å². The number of hydrogen-bond acceptors (Lipinski definition) is 7. The van der Waals surface area contributed by atoms with Gasteiger partial charge in [-0.25, -0.2) is 13.9 Å². The van der Waals surface area contributed by atoms with Crippen LogP contribution in [0.1, 0.15) is 53.6 Å². The summed E-state index contributed by atoms with van der Waals surface area (Å²) < 4.78 is 45.1. The lowest BCUT2D eigenvalue weighted by Crippen LogP contribution is -2.45. The van der Waals surface area contributed by atoms with Crippen molar-refractivity contribution in [1.82, 2.24) is 9.80 Å². The number of hydrogen-bond donors (Lipinski definition) is 0. The number of amides is 2. The van der Waals surface area contributed by atoms with Crippen LogP contribution in [0.4, 0.5) is 10.5 Å². The number of piperidine rings is 1. The van der Waals surface area contributed by atoms with Gasteiger partial charge in [-0.05, 0) is 91.0 Å². The Balaban J connectivity index is 1.45. The van der Waals surface area contributed by atoms with Gasteiger partial charge in [0.2, 0.25) is 5.76 Å². The minimum atomic E-state index is -4.65. The van der Waals surface area contributed by atoms with Crippen LogP contribution in [-0.2, 0) is 27.6 Å². The van der Waals surface area contributed by atoms with Crippen LogP contribution in [0.15, 0.2) is 68.1 Å². The van der Waals surface area contributed by atoms with Crippen LogP contribution in [0, 0.1) is 6.92 Å². The molecule has 2 aromatic heterocycles. The van der Waals surface area contributed by atoms with Crippen molar-refractivity contribution in [3.63, 3.8) is 0 Å². The molecule has 43 heavy (non-hydrogen) atoms. The second-order valence-electron chi connectivity index (χ2n) is 10.2. The Hall–Kier alpha value is -3.48. The quantitative estimate of drug-likeness (QED) is 0.181. The summed E-state index contributed by atoms with van der Waals surface area (Å²) in [7, 11) is -4.65. The van der Waals surface area contributed by atoms with Gasteiger partial charge in [0.05, 0.1) is 18.8 Å². The van der Waals surface area contributed by atoms with E-state index in [0.717, 1.165) is 23.6 Å². The lowest BCUT2D eigenvalue weighted by Gasteiger charge is -2.33. The van der Waals surface area contributed by atoms with E-state index >= 15 is 0 Å². The minimum Gasteiger partial charge on any atom is -0.452 e. The third-order valence-corrected chi connectivity index (χ3v) is 9.33. The van der Waals surface area contributed by atoms with Gasteiger partial charge >= 0.3 is 22.3 Å². The van der Waals surface area contributed by atoms with Gasteiger partial charge in [0.15, 0.2) is 4.67 Å². The van der Waals surface area contributed by atoms with E-state index in [2.05, 4.69) is 15.9 Å². The van der Waals surface area contributed by atoms with Crippen LogP contribution < -0.4 is 4.31 Å². The van der Waals surface area contributed by atoms with Crippen molar-refractivity contribution in [3.8, 4) is 0 Å². The number of nitrogens with zero attached hydrogens (tertiary/aromatic N) is 3. The number of rotatable bonds is 9. The van der Waals surface area contributed by atoms with Crippen LogP contribution in [-0.4, -0.2) is 49.9 Å². The maximum atomic E-state index is 13.7. The maximum Gasteiger partial charge on any atom is 0.412 e. The number of para-hydroxylation sites is 1. The van der Waals surface area contributed by atoms with E-state index < -0.39 is 16.3 Å². The Labute approximate surface area is 263 Å². The van der Waals surface area contributed by atoms with Crippen LogP contribution >= 0.6 is 27.5 Å². The van der Waals surface area contributed by atoms with E-state index in [4.69, 9.17) is 24.6 Å². The van der Waals surface area contributed by atoms with Gasteiger partial charge in [-0.2, -0.15) is 8.42 Å². The molecule has 228 valence electrons. The summed E-state index contributed by atoms with van der Waals surface area (Å²) in [6, 6.07) is 15.0. The number of aryl methyl sites for hydroxylation is 1. The smallest absolute Gasteiger partial charge is 0.412 e. The summed E-state index contributed by atoms with van der Waals surface area (Å²) in [4.78, 5) is 30.2. The van der Waals surface area contributed by atoms with Gasteiger partial charge in [-0.3, -0.25) is 0 Å². The first-order chi connectivity index (χ1) is 20.6. The van der Waals surface area contributed by atoms with Crippen molar-refractivity contribution in [1.29, 1.82) is 0 Å². The Morgan fingerprint density at radius 3 is 2.44 bits per heavy atom. The molecule has 0 bridgehead atoms. The molecule has 0 radical (unpaired) electrons. The van der Waals surface area contributed by atoms with Crippen molar-refractivity contribution in [3.05, 3.63) is 86.9 Å². The molecule has 0 atom stereocenters. The highest BCUT2D eigenvalue weighted by Crippen LogP contribution is 2.31. The first-order valence-electron chi connectivity index (χ1n) is 13.9. The summed E-state index contributed by atoms with van der Waals surface area (Å²) in [5, 5.41) is 1.04. The number of halogens is 2. The van der Waals surface area contributed by atoms with E-state index in [1.54, 1.807) is 72.2 Å². The number of likely N-dealkylation sites (tertiary alicyclic amines) is 1. The molecule has 0 aliphatic carbocycles. The molecule has 2 aromatic carbocycles. The monoisotopic (exact) mass is 691 g/mol. The molecule has 0 N–H and O–H groups in total. The minimum absolute atomic E-state index is 0.0200. The van der Waals surface area contributed by atoms with Gasteiger partial charge in [0.1, 0.15) is 11.3 Å². The van der Waals surface area contributed by atoms with Gasteiger partial charge < -0.3 is 22.8 Å². The number of fused-ring (bicyclic) bond motifs is 1. The zero-order valence-electron chi connectivity index (χ0n) is 23.7. The number of benzene rings is 2. The molecule has 4 aromatic rings. The molecule has 3 heterocycles. The van der Waals surface area contributed by atoms with Crippen LogP contribution in [0.5, 0.6) is 0 Å². The first kappa shape index (κ1) is 31.0. The molecule has 1 fully saturated rings. The zero-order chi connectivity index (χ0) is 30.7. The number of carbonyl (C=O) groups is 2. The van der Waals surface area contributed by atoms with Crippen molar-refractivity contribution >= 4 is 66.5 Å². The number of urea groups is 1. The van der Waals surface area contributed by atoms with Crippen molar-refractivity contribution in [2.24, 2.45) is 0 Å². The number of anilines is 1. The second kappa shape index (κ2) is 13.0. The topological polar surface area (TPSA) is 114 Å². The fourth-order valence-electron chi connectivity index (χ4n) is 5.23. The summed E-state index contributed by atoms with van der Waals surface area (Å²) in [6.45, 7) is 4.65. The van der Waals surface area contributed by atoms with E-state index in [-0.39, 0.29) is 37.1 Å². The normalized spacial score (nSPS) is 13.7. The predicted molar refractivity (Wildman–Crippen MR) is 166 cm³/mol. The molecule has 2 amide bonds. The van der Waals surface area contributed by atoms with Gasteiger partial charge in [-0.15, -0.1) is 0 Å². The van der Waals surface area contributed by atoms with E-state index in [9.17, 15) is 18.0 Å². The Bertz CT molecular complexity index is 1750. The molecule has 0 spiro atoms. The molecular formula is C30H31BrClN3O7S. The number of carbonyl (C=O) groups excluding carboxylic acids is 2. The zero-order valence-corrected chi connectivity index (χ0v) is 26.9.